The predicted octanol–water partition coefficient (Wildman–Crippen LogP) is 4.24. The van der Waals surface area contributed by atoms with Crippen LogP contribution in [0.5, 0.6) is 11.5 Å². The van der Waals surface area contributed by atoms with Gasteiger partial charge in [0, 0.05) is 22.5 Å². The second-order valence-electron chi connectivity index (χ2n) is 4.59. The summed E-state index contributed by atoms with van der Waals surface area (Å²) in [6.07, 6.45) is 0. The number of ether oxygens (including phenoxy) is 2. The van der Waals surface area contributed by atoms with Gasteiger partial charge in [0.05, 0.1) is 25.6 Å². The molecule has 0 spiro atoms. The van der Waals surface area contributed by atoms with Crippen LogP contribution in [0.3, 0.4) is 0 Å². The van der Waals surface area contributed by atoms with E-state index in [-0.39, 0.29) is 0 Å². The Labute approximate surface area is 127 Å². The monoisotopic (exact) mass is 300 g/mol. The molecular formula is C16H16N2O2S. The molecule has 0 aliphatic rings. The van der Waals surface area contributed by atoms with Crippen molar-refractivity contribution in [2.24, 2.45) is 0 Å². The molecule has 2 aromatic carbocycles. The van der Waals surface area contributed by atoms with Gasteiger partial charge in [-0.05, 0) is 35.0 Å². The van der Waals surface area contributed by atoms with E-state index in [1.807, 2.05) is 12.1 Å². The molecule has 21 heavy (non-hydrogen) atoms. The molecule has 108 valence electrons. The van der Waals surface area contributed by atoms with Crippen LogP contribution in [0, 0.1) is 0 Å². The van der Waals surface area contributed by atoms with Gasteiger partial charge in [-0.15, -0.1) is 11.3 Å². The summed E-state index contributed by atoms with van der Waals surface area (Å²) >= 11 is 1.73. The maximum Gasteiger partial charge on any atom is 0.162 e. The van der Waals surface area contributed by atoms with E-state index in [9.17, 15) is 0 Å². The van der Waals surface area contributed by atoms with Crippen molar-refractivity contribution < 1.29 is 9.47 Å². The van der Waals surface area contributed by atoms with Crippen molar-refractivity contribution in [3.8, 4) is 11.5 Å². The molecule has 0 bridgehead atoms. The van der Waals surface area contributed by atoms with Crippen molar-refractivity contribution in [3.63, 3.8) is 0 Å². The molecule has 1 heterocycles. The van der Waals surface area contributed by atoms with Crippen molar-refractivity contribution in [1.29, 1.82) is 0 Å². The zero-order chi connectivity index (χ0) is 14.8. The Morgan fingerprint density at radius 1 is 1.00 bits per heavy atom. The van der Waals surface area contributed by atoms with E-state index in [1.54, 1.807) is 31.6 Å². The fraction of sp³-hybridized carbons (Fsp3) is 0.125. The molecule has 0 saturated heterocycles. The van der Waals surface area contributed by atoms with Crippen molar-refractivity contribution in [2.75, 3.05) is 25.3 Å². The molecule has 0 radical (unpaired) electrons. The van der Waals surface area contributed by atoms with Gasteiger partial charge in [-0.3, -0.25) is 0 Å². The molecule has 0 aliphatic carbocycles. The molecule has 0 atom stereocenters. The van der Waals surface area contributed by atoms with Crippen LogP contribution >= 0.6 is 11.3 Å². The molecule has 5 heteroatoms. The highest BCUT2D eigenvalue weighted by Gasteiger charge is 2.09. The average Bonchev–Trinajstić information content (AvgIpc) is 2.96. The Hall–Kier alpha value is -2.40. The lowest BCUT2D eigenvalue weighted by molar-refractivity contribution is 0.355. The van der Waals surface area contributed by atoms with Crippen LogP contribution < -0.4 is 20.5 Å². The predicted molar refractivity (Wildman–Crippen MR) is 89.1 cm³/mol. The molecule has 0 amide bonds. The first-order valence-corrected chi connectivity index (χ1v) is 7.35. The molecule has 0 unspecified atom stereocenters. The lowest BCUT2D eigenvalue weighted by atomic mass is 10.2. The molecule has 1 aromatic heterocycles. The average molecular weight is 300 g/mol. The number of benzene rings is 2. The summed E-state index contributed by atoms with van der Waals surface area (Å²) in [7, 11) is 3.20. The van der Waals surface area contributed by atoms with Crippen molar-refractivity contribution in [2.45, 2.75) is 0 Å². The number of nitrogens with two attached hydrogens (primary N) is 1. The van der Waals surface area contributed by atoms with Gasteiger partial charge in [-0.25, -0.2) is 0 Å². The zero-order valence-corrected chi connectivity index (χ0v) is 12.7. The third-order valence-corrected chi connectivity index (χ3v) is 4.18. The maximum absolute atomic E-state index is 6.07. The van der Waals surface area contributed by atoms with Gasteiger partial charge in [-0.1, -0.05) is 0 Å². The van der Waals surface area contributed by atoms with E-state index in [0.717, 1.165) is 11.4 Å². The summed E-state index contributed by atoms with van der Waals surface area (Å²) in [6.45, 7) is 0. The molecule has 4 nitrogen and oxygen atoms in total. The highest BCUT2D eigenvalue weighted by Crippen LogP contribution is 2.36. The van der Waals surface area contributed by atoms with Crippen molar-refractivity contribution >= 4 is 38.5 Å². The highest BCUT2D eigenvalue weighted by molar-refractivity contribution is 7.17. The topological polar surface area (TPSA) is 56.5 Å². The quantitative estimate of drug-likeness (QED) is 0.707. The number of hydrogen-bond acceptors (Lipinski definition) is 5. The maximum atomic E-state index is 6.07. The van der Waals surface area contributed by atoms with Gasteiger partial charge in [-0.2, -0.15) is 0 Å². The van der Waals surface area contributed by atoms with Gasteiger partial charge in [0.1, 0.15) is 0 Å². The van der Waals surface area contributed by atoms with Gasteiger partial charge < -0.3 is 20.5 Å². The SMILES string of the molecule is COc1cc(N)c(Nc2ccc3sccc3c2)cc1OC. The molecule has 0 fully saturated rings. The summed E-state index contributed by atoms with van der Waals surface area (Å²) in [5.74, 6) is 1.26. The second-order valence-corrected chi connectivity index (χ2v) is 5.54. The minimum Gasteiger partial charge on any atom is -0.493 e. The molecule has 3 N–H and O–H groups in total. The first-order chi connectivity index (χ1) is 10.2. The number of anilines is 3. The smallest absolute Gasteiger partial charge is 0.162 e. The minimum absolute atomic E-state index is 0.609. The van der Waals surface area contributed by atoms with Crippen LogP contribution in [0.1, 0.15) is 0 Å². The van der Waals surface area contributed by atoms with Gasteiger partial charge in [0.15, 0.2) is 11.5 Å². The van der Waals surface area contributed by atoms with Crippen LogP contribution in [-0.2, 0) is 0 Å². The number of nitrogen functional groups attached to an aromatic ring is 1. The first-order valence-electron chi connectivity index (χ1n) is 6.47. The number of fused-ring (bicyclic) bond motifs is 1. The molecule has 3 rings (SSSR count). The normalized spacial score (nSPS) is 10.6. The van der Waals surface area contributed by atoms with E-state index >= 15 is 0 Å². The summed E-state index contributed by atoms with van der Waals surface area (Å²) in [5, 5.41) is 6.62. The highest BCUT2D eigenvalue weighted by atomic mass is 32.1. The van der Waals surface area contributed by atoms with Crippen LogP contribution in [0.15, 0.2) is 41.8 Å². The van der Waals surface area contributed by atoms with Gasteiger partial charge >= 0.3 is 0 Å². The van der Waals surface area contributed by atoms with Crippen LogP contribution in [-0.4, -0.2) is 14.2 Å². The third kappa shape index (κ3) is 2.60. The number of thiophene rings is 1. The van der Waals surface area contributed by atoms with Gasteiger partial charge in [0.2, 0.25) is 0 Å². The van der Waals surface area contributed by atoms with Gasteiger partial charge in [0.25, 0.3) is 0 Å². The molecule has 0 saturated carbocycles. The standard InChI is InChI=1S/C16H16N2O2S/c1-19-14-8-12(17)13(9-15(14)20-2)18-11-3-4-16-10(7-11)5-6-21-16/h3-9,18H,17H2,1-2H3. The van der Waals surface area contributed by atoms with E-state index in [4.69, 9.17) is 15.2 Å². The molecular weight excluding hydrogens is 284 g/mol. The van der Waals surface area contributed by atoms with Crippen LogP contribution in [0.25, 0.3) is 10.1 Å². The zero-order valence-electron chi connectivity index (χ0n) is 11.8. The fourth-order valence-corrected chi connectivity index (χ4v) is 2.97. The lowest BCUT2D eigenvalue weighted by Gasteiger charge is -2.14. The Morgan fingerprint density at radius 3 is 2.52 bits per heavy atom. The second kappa shape index (κ2) is 5.54. The molecule has 3 aromatic rings. The summed E-state index contributed by atoms with van der Waals surface area (Å²) in [4.78, 5) is 0. The summed E-state index contributed by atoms with van der Waals surface area (Å²) < 4.78 is 11.8. The lowest BCUT2D eigenvalue weighted by Crippen LogP contribution is -1.99. The van der Waals surface area contributed by atoms with E-state index in [1.165, 1.54) is 10.1 Å². The van der Waals surface area contributed by atoms with E-state index in [0.29, 0.717) is 17.2 Å². The first kappa shape index (κ1) is 13.6. The van der Waals surface area contributed by atoms with Crippen LogP contribution in [0.2, 0.25) is 0 Å². The van der Waals surface area contributed by atoms with E-state index < -0.39 is 0 Å². The van der Waals surface area contributed by atoms with Crippen molar-refractivity contribution in [1.82, 2.24) is 0 Å². The van der Waals surface area contributed by atoms with Crippen LogP contribution in [0.4, 0.5) is 17.1 Å². The number of hydrogen-bond donors (Lipinski definition) is 2. The molecule has 0 aliphatic heterocycles. The van der Waals surface area contributed by atoms with E-state index in [2.05, 4.69) is 28.9 Å². The number of nitrogens with one attached hydrogen (secondary N) is 1. The summed E-state index contributed by atoms with van der Waals surface area (Å²) in [5.41, 5.74) is 8.45. The van der Waals surface area contributed by atoms with Crippen molar-refractivity contribution in [3.05, 3.63) is 41.8 Å². The number of rotatable bonds is 4. The Morgan fingerprint density at radius 2 is 1.76 bits per heavy atom. The third-order valence-electron chi connectivity index (χ3n) is 3.29. The fourth-order valence-electron chi connectivity index (χ4n) is 2.20. The Kier molecular flexibility index (Phi) is 3.58. The Balaban J connectivity index is 1.96. The summed E-state index contributed by atoms with van der Waals surface area (Å²) in [6, 6.07) is 11.9. The Bertz CT molecular complexity index is 783. The number of methoxy groups -OCH3 is 2. The minimum atomic E-state index is 0.609. The largest absolute Gasteiger partial charge is 0.493 e.